The minimum atomic E-state index is -3.81. The second kappa shape index (κ2) is 10.4. The molecule has 0 unspecified atom stereocenters. The monoisotopic (exact) mass is 464 g/mol. The van der Waals surface area contributed by atoms with Gasteiger partial charge in [0.1, 0.15) is 0 Å². The normalized spacial score (nSPS) is 14.4. The van der Waals surface area contributed by atoms with Crippen LogP contribution in [0.2, 0.25) is 0 Å². The molecule has 1 amide bonds. The van der Waals surface area contributed by atoms with Crippen LogP contribution in [0.15, 0.2) is 46.2 Å². The van der Waals surface area contributed by atoms with Gasteiger partial charge in [-0.2, -0.15) is 0 Å². The average molecular weight is 465 g/mol. The lowest BCUT2D eigenvalue weighted by atomic mass is 10.1. The quantitative estimate of drug-likeness (QED) is 0.602. The third-order valence-corrected chi connectivity index (χ3v) is 7.46. The molecule has 2 aromatic rings. The third kappa shape index (κ3) is 5.53. The average Bonchev–Trinajstić information content (AvgIpc) is 2.82. The van der Waals surface area contributed by atoms with Gasteiger partial charge in [0.25, 0.3) is 5.91 Å². The van der Waals surface area contributed by atoms with Crippen molar-refractivity contribution < 1.29 is 22.7 Å². The SMILES string of the molecule is COc1ccc(CNS(=O)(=O)c2ccc(SC)c(C(=O)N3CCCCC3)c2)cc1OC. The van der Waals surface area contributed by atoms with Gasteiger partial charge in [-0.1, -0.05) is 6.07 Å². The summed E-state index contributed by atoms with van der Waals surface area (Å²) in [6, 6.07) is 9.95. The minimum Gasteiger partial charge on any atom is -0.493 e. The Morgan fingerprint density at radius 3 is 2.39 bits per heavy atom. The molecule has 1 heterocycles. The summed E-state index contributed by atoms with van der Waals surface area (Å²) in [5.41, 5.74) is 1.16. The molecule has 2 aromatic carbocycles. The van der Waals surface area contributed by atoms with Crippen molar-refractivity contribution in [2.45, 2.75) is 35.6 Å². The number of rotatable bonds is 8. The van der Waals surface area contributed by atoms with E-state index in [0.717, 1.165) is 29.7 Å². The number of likely N-dealkylation sites (tertiary alicyclic amines) is 1. The molecule has 0 aromatic heterocycles. The van der Waals surface area contributed by atoms with Crippen molar-refractivity contribution in [3.63, 3.8) is 0 Å². The van der Waals surface area contributed by atoms with Crippen LogP contribution in [-0.4, -0.2) is 52.8 Å². The fourth-order valence-electron chi connectivity index (χ4n) is 3.54. The van der Waals surface area contributed by atoms with Gasteiger partial charge >= 0.3 is 0 Å². The summed E-state index contributed by atoms with van der Waals surface area (Å²) in [6.45, 7) is 1.50. The van der Waals surface area contributed by atoms with Crippen LogP contribution in [0.3, 0.4) is 0 Å². The number of carbonyl (C=O) groups excluding carboxylic acids is 1. The molecule has 1 saturated heterocycles. The Morgan fingerprint density at radius 2 is 1.74 bits per heavy atom. The smallest absolute Gasteiger partial charge is 0.255 e. The summed E-state index contributed by atoms with van der Waals surface area (Å²) in [7, 11) is -0.737. The van der Waals surface area contributed by atoms with E-state index in [2.05, 4.69) is 4.72 Å². The molecule has 0 radical (unpaired) electrons. The molecule has 0 saturated carbocycles. The number of amides is 1. The first-order chi connectivity index (χ1) is 14.9. The zero-order valence-electron chi connectivity index (χ0n) is 18.0. The molecule has 9 heteroatoms. The van der Waals surface area contributed by atoms with Crippen molar-refractivity contribution in [2.24, 2.45) is 0 Å². The van der Waals surface area contributed by atoms with Crippen LogP contribution in [0.1, 0.15) is 35.2 Å². The lowest BCUT2D eigenvalue weighted by Gasteiger charge is -2.27. The number of piperidine rings is 1. The Morgan fingerprint density at radius 1 is 1.03 bits per heavy atom. The number of thioether (sulfide) groups is 1. The van der Waals surface area contributed by atoms with Crippen LogP contribution in [-0.2, 0) is 16.6 Å². The summed E-state index contributed by atoms with van der Waals surface area (Å²) in [4.78, 5) is 15.7. The predicted molar refractivity (Wildman–Crippen MR) is 122 cm³/mol. The van der Waals surface area contributed by atoms with Crippen molar-refractivity contribution in [1.29, 1.82) is 0 Å². The number of carbonyl (C=O) groups is 1. The van der Waals surface area contributed by atoms with Crippen LogP contribution in [0.5, 0.6) is 11.5 Å². The molecule has 0 aliphatic carbocycles. The van der Waals surface area contributed by atoms with Gasteiger partial charge in [0, 0.05) is 24.5 Å². The van der Waals surface area contributed by atoms with E-state index in [1.54, 1.807) is 31.4 Å². The van der Waals surface area contributed by atoms with E-state index in [-0.39, 0.29) is 17.3 Å². The molecular weight excluding hydrogens is 436 g/mol. The summed E-state index contributed by atoms with van der Waals surface area (Å²) in [5, 5.41) is 0. The first-order valence-corrected chi connectivity index (χ1v) is 12.8. The highest BCUT2D eigenvalue weighted by molar-refractivity contribution is 7.98. The number of nitrogens with one attached hydrogen (secondary N) is 1. The number of methoxy groups -OCH3 is 2. The van der Waals surface area contributed by atoms with Crippen LogP contribution in [0.4, 0.5) is 0 Å². The second-order valence-electron chi connectivity index (χ2n) is 7.23. The van der Waals surface area contributed by atoms with E-state index < -0.39 is 10.0 Å². The van der Waals surface area contributed by atoms with E-state index in [1.807, 2.05) is 11.2 Å². The molecule has 0 spiro atoms. The molecule has 7 nitrogen and oxygen atoms in total. The van der Waals surface area contributed by atoms with Gasteiger partial charge in [0.15, 0.2) is 11.5 Å². The maximum absolute atomic E-state index is 13.0. The van der Waals surface area contributed by atoms with E-state index in [0.29, 0.717) is 30.2 Å². The topological polar surface area (TPSA) is 84.9 Å². The first-order valence-electron chi connectivity index (χ1n) is 10.1. The maximum atomic E-state index is 13.0. The molecule has 1 aliphatic heterocycles. The Bertz CT molecular complexity index is 1030. The highest BCUT2D eigenvalue weighted by Gasteiger charge is 2.24. The summed E-state index contributed by atoms with van der Waals surface area (Å²) in [6.07, 6.45) is 4.95. The predicted octanol–water partition coefficient (Wildman–Crippen LogP) is 3.53. The van der Waals surface area contributed by atoms with Crippen molar-refractivity contribution in [3.8, 4) is 11.5 Å². The number of sulfonamides is 1. The standard InChI is InChI=1S/C22H28N2O5S2/c1-28-19-9-7-16(13-20(19)29-2)15-23-31(26,27)17-8-10-21(30-3)18(14-17)22(25)24-11-5-4-6-12-24/h7-10,13-14,23H,4-6,11-12,15H2,1-3H3. The highest BCUT2D eigenvalue weighted by Crippen LogP contribution is 2.28. The Balaban J connectivity index is 1.81. The molecular formula is C22H28N2O5S2. The van der Waals surface area contributed by atoms with Crippen molar-refractivity contribution in [2.75, 3.05) is 33.6 Å². The number of ether oxygens (including phenoxy) is 2. The van der Waals surface area contributed by atoms with Crippen LogP contribution in [0, 0.1) is 0 Å². The third-order valence-electron chi connectivity index (χ3n) is 5.27. The minimum absolute atomic E-state index is 0.0751. The molecule has 0 atom stereocenters. The molecule has 1 fully saturated rings. The van der Waals surface area contributed by atoms with Gasteiger partial charge in [0.2, 0.25) is 10.0 Å². The van der Waals surface area contributed by atoms with E-state index in [9.17, 15) is 13.2 Å². The maximum Gasteiger partial charge on any atom is 0.255 e. The Kier molecular flexibility index (Phi) is 7.85. The van der Waals surface area contributed by atoms with Gasteiger partial charge in [-0.25, -0.2) is 13.1 Å². The Hall–Kier alpha value is -2.23. The first kappa shape index (κ1) is 23.4. The van der Waals surface area contributed by atoms with Crippen molar-refractivity contribution >= 4 is 27.7 Å². The van der Waals surface area contributed by atoms with Gasteiger partial charge in [-0.15, -0.1) is 11.8 Å². The number of hydrogen-bond acceptors (Lipinski definition) is 6. The van der Waals surface area contributed by atoms with Crippen molar-refractivity contribution in [1.82, 2.24) is 9.62 Å². The molecule has 1 aliphatic rings. The van der Waals surface area contributed by atoms with E-state index in [1.165, 1.54) is 31.0 Å². The largest absolute Gasteiger partial charge is 0.493 e. The van der Waals surface area contributed by atoms with Gasteiger partial charge in [-0.3, -0.25) is 4.79 Å². The van der Waals surface area contributed by atoms with E-state index >= 15 is 0 Å². The summed E-state index contributed by atoms with van der Waals surface area (Å²) in [5.74, 6) is 0.988. The highest BCUT2D eigenvalue weighted by atomic mass is 32.2. The number of hydrogen-bond donors (Lipinski definition) is 1. The lowest BCUT2D eigenvalue weighted by Crippen LogP contribution is -2.36. The van der Waals surface area contributed by atoms with Gasteiger partial charge < -0.3 is 14.4 Å². The fraction of sp³-hybridized carbons (Fsp3) is 0.409. The Labute approximate surface area is 188 Å². The van der Waals surface area contributed by atoms with Gasteiger partial charge in [-0.05, 0) is 61.4 Å². The molecule has 3 rings (SSSR count). The number of nitrogens with zero attached hydrogens (tertiary/aromatic N) is 1. The molecule has 0 bridgehead atoms. The van der Waals surface area contributed by atoms with Crippen LogP contribution >= 0.6 is 11.8 Å². The zero-order valence-corrected chi connectivity index (χ0v) is 19.6. The molecule has 1 N–H and O–H groups in total. The summed E-state index contributed by atoms with van der Waals surface area (Å²) < 4.78 is 39.0. The zero-order chi connectivity index (χ0) is 22.4. The number of benzene rings is 2. The lowest BCUT2D eigenvalue weighted by molar-refractivity contribution is 0.0720. The molecule has 31 heavy (non-hydrogen) atoms. The van der Waals surface area contributed by atoms with Gasteiger partial charge in [0.05, 0.1) is 24.7 Å². The second-order valence-corrected chi connectivity index (χ2v) is 9.84. The van der Waals surface area contributed by atoms with Crippen LogP contribution < -0.4 is 14.2 Å². The van der Waals surface area contributed by atoms with Crippen molar-refractivity contribution in [3.05, 3.63) is 47.5 Å². The van der Waals surface area contributed by atoms with Crippen LogP contribution in [0.25, 0.3) is 0 Å². The molecule has 168 valence electrons. The summed E-state index contributed by atoms with van der Waals surface area (Å²) >= 11 is 1.44. The van der Waals surface area contributed by atoms with E-state index in [4.69, 9.17) is 9.47 Å². The fourth-order valence-corrected chi connectivity index (χ4v) is 5.15.